The molecule has 2 aromatic carbocycles. The third-order valence-corrected chi connectivity index (χ3v) is 17.8. The van der Waals surface area contributed by atoms with Crippen molar-refractivity contribution in [2.75, 3.05) is 0 Å². The van der Waals surface area contributed by atoms with Gasteiger partial charge in [0.2, 0.25) is 0 Å². The van der Waals surface area contributed by atoms with Crippen LogP contribution in [0.2, 0.25) is 0 Å². The van der Waals surface area contributed by atoms with Gasteiger partial charge in [-0.2, -0.15) is 0 Å². The normalized spacial score (nSPS) is 36.7. The van der Waals surface area contributed by atoms with Gasteiger partial charge < -0.3 is 0 Å². The second kappa shape index (κ2) is 13.1. The lowest BCUT2D eigenvalue weighted by molar-refractivity contribution is -0.261. The lowest BCUT2D eigenvalue weighted by atomic mass is 9.24. The van der Waals surface area contributed by atoms with E-state index in [2.05, 4.69) is 191 Å². The van der Waals surface area contributed by atoms with Gasteiger partial charge in [-0.3, -0.25) is 0 Å². The summed E-state index contributed by atoms with van der Waals surface area (Å²) >= 11 is 0. The molecule has 0 aliphatic heterocycles. The molecule has 0 spiro atoms. The highest BCUT2D eigenvalue weighted by Gasteiger charge is 2.84. The standard InChI is InChI=1S/C55H66/c1-11-13-21-40-25-29-43(30-26-40)48(44-31-27-41(28-32-44)22-14-12-2)46-37-45-38-53(8)51(6)35-18-17-33-49(51,4)50(5)34-19-20-36-52(50,7)55(53,10)54(45,9)39(3)47(46)42-23-15-16-24-42/h15-20,23,25-37H,11-14,21-22,24,38H2,1-10H3. The maximum atomic E-state index is 2.73. The van der Waals surface area contributed by atoms with Crippen LogP contribution in [0, 0.1) is 37.9 Å². The molecule has 0 bridgehead atoms. The van der Waals surface area contributed by atoms with Gasteiger partial charge in [0.25, 0.3) is 0 Å². The maximum Gasteiger partial charge on any atom is 0.0170 e. The number of benzene rings is 2. The van der Waals surface area contributed by atoms with Crippen LogP contribution in [0.3, 0.4) is 0 Å². The highest BCUT2D eigenvalue weighted by atomic mass is 14.9. The summed E-state index contributed by atoms with van der Waals surface area (Å²) in [6.45, 7) is 25.6. The number of aryl methyl sites for hydroxylation is 2. The molecule has 2 aromatic rings. The molecule has 0 N–H and O–H groups in total. The molecule has 0 saturated heterocycles. The van der Waals surface area contributed by atoms with Crippen molar-refractivity contribution < 1.29 is 0 Å². The molecule has 0 heterocycles. The van der Waals surface area contributed by atoms with Gasteiger partial charge in [-0.25, -0.2) is 0 Å². The average molecular weight is 727 g/mol. The van der Waals surface area contributed by atoms with Crippen LogP contribution in [0.4, 0.5) is 0 Å². The van der Waals surface area contributed by atoms with Crippen molar-refractivity contribution >= 4 is 5.57 Å². The number of allylic oxidation sites excluding steroid dienone is 17. The molecule has 0 amide bonds. The summed E-state index contributed by atoms with van der Waals surface area (Å²) in [6.07, 6.45) is 38.9. The van der Waals surface area contributed by atoms with Crippen LogP contribution < -0.4 is 0 Å². The highest BCUT2D eigenvalue weighted by molar-refractivity contribution is 5.89. The quantitative estimate of drug-likeness (QED) is 0.241. The topological polar surface area (TPSA) is 0 Å². The fourth-order valence-electron chi connectivity index (χ4n) is 13.6. The Morgan fingerprint density at radius 2 is 1.09 bits per heavy atom. The van der Waals surface area contributed by atoms with Crippen molar-refractivity contribution in [3.8, 4) is 0 Å². The second-order valence-electron chi connectivity index (χ2n) is 19.4. The summed E-state index contributed by atoms with van der Waals surface area (Å²) in [5.41, 5.74) is 13.6. The van der Waals surface area contributed by atoms with E-state index in [0.717, 1.165) is 25.7 Å². The van der Waals surface area contributed by atoms with E-state index in [0.29, 0.717) is 0 Å². The third kappa shape index (κ3) is 4.70. The summed E-state index contributed by atoms with van der Waals surface area (Å²) in [5.74, 6) is 0. The van der Waals surface area contributed by atoms with E-state index in [1.54, 1.807) is 11.1 Å². The summed E-state index contributed by atoms with van der Waals surface area (Å²) in [4.78, 5) is 0. The second-order valence-corrected chi connectivity index (χ2v) is 19.4. The predicted octanol–water partition coefficient (Wildman–Crippen LogP) is 15.0. The zero-order valence-electron chi connectivity index (χ0n) is 35.7. The monoisotopic (exact) mass is 727 g/mol. The minimum Gasteiger partial charge on any atom is -0.0801 e. The van der Waals surface area contributed by atoms with Crippen LogP contribution in [0.5, 0.6) is 0 Å². The maximum absolute atomic E-state index is 2.73. The predicted molar refractivity (Wildman–Crippen MR) is 237 cm³/mol. The van der Waals surface area contributed by atoms with Crippen molar-refractivity contribution in [2.45, 2.75) is 121 Å². The highest BCUT2D eigenvalue weighted by Crippen LogP contribution is 2.90. The van der Waals surface area contributed by atoms with Gasteiger partial charge in [-0.1, -0.05) is 208 Å². The SMILES string of the molecule is CCCCc1ccc(C(=C2C=C3CC4(C)C5(C)C=CC=CC5(C)C5(C)C=CC=CC5(C)C4(C)C3(C)C(C)=C2C2=CC=CC2)c2ccc(CCCC)cc2)cc1. The number of rotatable bonds is 9. The fourth-order valence-corrected chi connectivity index (χ4v) is 13.6. The summed E-state index contributed by atoms with van der Waals surface area (Å²) in [6, 6.07) is 19.3. The summed E-state index contributed by atoms with van der Waals surface area (Å²) in [5, 5.41) is 0. The smallest absolute Gasteiger partial charge is 0.0170 e. The van der Waals surface area contributed by atoms with E-state index in [1.165, 1.54) is 70.2 Å². The van der Waals surface area contributed by atoms with E-state index in [9.17, 15) is 0 Å². The lowest BCUT2D eigenvalue weighted by Crippen LogP contribution is -2.74. The summed E-state index contributed by atoms with van der Waals surface area (Å²) in [7, 11) is 0. The first-order valence-corrected chi connectivity index (χ1v) is 21.7. The first-order valence-electron chi connectivity index (χ1n) is 21.7. The molecule has 2 fully saturated rings. The van der Waals surface area contributed by atoms with Crippen molar-refractivity contribution in [1.29, 1.82) is 0 Å². The Balaban J connectivity index is 1.44. The molecule has 6 aliphatic rings. The Morgan fingerprint density at radius 1 is 0.600 bits per heavy atom. The molecule has 286 valence electrons. The number of hydrogen-bond donors (Lipinski definition) is 0. The van der Waals surface area contributed by atoms with Crippen molar-refractivity contribution in [1.82, 2.24) is 0 Å². The Kier molecular flexibility index (Phi) is 9.04. The van der Waals surface area contributed by atoms with Crippen molar-refractivity contribution in [3.05, 3.63) is 172 Å². The number of fused-ring (bicyclic) bond motifs is 8. The first-order chi connectivity index (χ1) is 26.2. The molecule has 0 heteroatoms. The number of hydrogen-bond acceptors (Lipinski definition) is 0. The Morgan fingerprint density at radius 3 is 1.58 bits per heavy atom. The number of unbranched alkanes of at least 4 members (excludes halogenated alkanes) is 2. The van der Waals surface area contributed by atoms with Crippen LogP contribution in [0.25, 0.3) is 5.57 Å². The van der Waals surface area contributed by atoms with Crippen LogP contribution in [0.1, 0.15) is 130 Å². The van der Waals surface area contributed by atoms with Crippen LogP contribution >= 0.6 is 0 Å². The molecule has 7 atom stereocenters. The minimum atomic E-state index is -0.173. The van der Waals surface area contributed by atoms with E-state index < -0.39 is 0 Å². The van der Waals surface area contributed by atoms with Gasteiger partial charge in [-0.05, 0) is 101 Å². The Hall–Kier alpha value is -3.90. The average Bonchev–Trinajstić information content (AvgIpc) is 3.78. The molecular weight excluding hydrogens is 661 g/mol. The zero-order chi connectivity index (χ0) is 39.1. The van der Waals surface area contributed by atoms with Gasteiger partial charge in [0.05, 0.1) is 0 Å². The van der Waals surface area contributed by atoms with Crippen LogP contribution in [-0.2, 0) is 12.8 Å². The Bertz CT molecular complexity index is 2110. The van der Waals surface area contributed by atoms with Gasteiger partial charge in [-0.15, -0.1) is 0 Å². The summed E-state index contributed by atoms with van der Waals surface area (Å²) < 4.78 is 0. The van der Waals surface area contributed by atoms with E-state index >= 15 is 0 Å². The van der Waals surface area contributed by atoms with Gasteiger partial charge in [0.15, 0.2) is 0 Å². The van der Waals surface area contributed by atoms with E-state index in [1.807, 2.05) is 0 Å². The fraction of sp³-hybridized carbons (Fsp3) is 0.455. The largest absolute Gasteiger partial charge is 0.0801 e. The van der Waals surface area contributed by atoms with Crippen LogP contribution in [0.15, 0.2) is 149 Å². The van der Waals surface area contributed by atoms with E-state index in [4.69, 9.17) is 0 Å². The molecule has 8 rings (SSSR count). The van der Waals surface area contributed by atoms with Gasteiger partial charge in [0.1, 0.15) is 0 Å². The zero-order valence-corrected chi connectivity index (χ0v) is 35.7. The van der Waals surface area contributed by atoms with E-state index in [-0.39, 0.29) is 37.9 Å². The molecule has 0 radical (unpaired) electrons. The molecule has 0 nitrogen and oxygen atoms in total. The van der Waals surface area contributed by atoms with Gasteiger partial charge in [0, 0.05) is 27.1 Å². The molecule has 55 heavy (non-hydrogen) atoms. The first kappa shape index (κ1) is 38.0. The molecule has 2 saturated carbocycles. The Labute approximate surface area is 334 Å². The van der Waals surface area contributed by atoms with Crippen molar-refractivity contribution in [2.24, 2.45) is 37.9 Å². The molecule has 7 unspecified atom stereocenters. The minimum absolute atomic E-state index is 0.0491. The molecule has 0 aromatic heterocycles. The van der Waals surface area contributed by atoms with Gasteiger partial charge >= 0.3 is 0 Å². The lowest BCUT2D eigenvalue weighted by Gasteiger charge is -2.79. The van der Waals surface area contributed by atoms with Crippen LogP contribution in [-0.4, -0.2) is 0 Å². The van der Waals surface area contributed by atoms with Crippen molar-refractivity contribution in [3.63, 3.8) is 0 Å². The molecule has 6 aliphatic carbocycles. The molecular formula is C55H66. The third-order valence-electron chi connectivity index (χ3n) is 17.8.